The van der Waals surface area contributed by atoms with Crippen molar-refractivity contribution in [2.75, 3.05) is 11.9 Å². The third-order valence-corrected chi connectivity index (χ3v) is 5.44. The molecule has 3 heterocycles. The molecule has 35 heavy (non-hydrogen) atoms. The van der Waals surface area contributed by atoms with Crippen molar-refractivity contribution in [1.82, 2.24) is 29.5 Å². The minimum absolute atomic E-state index is 0.126. The van der Waals surface area contributed by atoms with Crippen molar-refractivity contribution < 1.29 is 9.53 Å². The number of carbonyl (C=O) groups excluding carboxylic acids is 1. The van der Waals surface area contributed by atoms with Crippen molar-refractivity contribution in [3.8, 4) is 17.4 Å². The predicted octanol–water partition coefficient (Wildman–Crippen LogP) is 3.58. The molecule has 0 bridgehead atoms. The van der Waals surface area contributed by atoms with E-state index in [4.69, 9.17) is 16.3 Å². The molecule has 5 rings (SSSR count). The molecule has 0 atom stereocenters. The summed E-state index contributed by atoms with van der Waals surface area (Å²) in [5, 5.41) is 12.3. The number of hydrogen-bond acceptors (Lipinski definition) is 6. The first-order valence-electron chi connectivity index (χ1n) is 10.7. The zero-order valence-corrected chi connectivity index (χ0v) is 19.6. The molecule has 0 unspecified atom stereocenters. The Morgan fingerprint density at radius 1 is 1.09 bits per heavy atom. The molecule has 2 aromatic carbocycles. The molecule has 11 heteroatoms. The molecular formula is C24H20ClN7O3. The summed E-state index contributed by atoms with van der Waals surface area (Å²) in [7, 11) is 0. The number of ether oxygens (including phenoxy) is 1. The van der Waals surface area contributed by atoms with Gasteiger partial charge in [0, 0.05) is 11.1 Å². The number of aryl methyl sites for hydroxylation is 2. The lowest BCUT2D eigenvalue weighted by Gasteiger charge is -2.10. The van der Waals surface area contributed by atoms with E-state index in [2.05, 4.69) is 25.5 Å². The number of aromatic nitrogens is 6. The molecule has 10 nitrogen and oxygen atoms in total. The normalized spacial score (nSPS) is 11.1. The lowest BCUT2D eigenvalue weighted by atomic mass is 10.2. The summed E-state index contributed by atoms with van der Waals surface area (Å²) >= 11 is 5.99. The van der Waals surface area contributed by atoms with E-state index < -0.39 is 5.56 Å². The second-order valence-corrected chi connectivity index (χ2v) is 8.33. The maximum atomic E-state index is 12.8. The van der Waals surface area contributed by atoms with Gasteiger partial charge in [-0.3, -0.25) is 14.6 Å². The summed E-state index contributed by atoms with van der Waals surface area (Å²) in [4.78, 5) is 32.6. The average molecular weight is 490 g/mol. The molecule has 0 radical (unpaired) electrons. The van der Waals surface area contributed by atoms with E-state index in [1.54, 1.807) is 49.4 Å². The third kappa shape index (κ3) is 4.64. The van der Waals surface area contributed by atoms with Crippen LogP contribution in [-0.4, -0.2) is 42.0 Å². The van der Waals surface area contributed by atoms with Gasteiger partial charge in [-0.2, -0.15) is 19.9 Å². The molecule has 176 valence electrons. The number of nitrogens with one attached hydrogen (secondary N) is 2. The van der Waals surface area contributed by atoms with Gasteiger partial charge >= 0.3 is 0 Å². The number of fused-ring (bicyclic) bond motifs is 1. The number of benzene rings is 2. The number of halogens is 1. The minimum Gasteiger partial charge on any atom is -0.484 e. The largest absolute Gasteiger partial charge is 0.484 e. The van der Waals surface area contributed by atoms with Crippen LogP contribution in [0.15, 0.2) is 65.6 Å². The Hall–Kier alpha value is -4.44. The van der Waals surface area contributed by atoms with E-state index in [0.717, 1.165) is 5.56 Å². The minimum atomic E-state index is -0.390. The Bertz CT molecular complexity index is 1580. The number of rotatable bonds is 6. The van der Waals surface area contributed by atoms with Gasteiger partial charge in [0.25, 0.3) is 11.5 Å². The van der Waals surface area contributed by atoms with Crippen LogP contribution < -0.4 is 15.6 Å². The van der Waals surface area contributed by atoms with E-state index in [1.165, 1.54) is 15.6 Å². The lowest BCUT2D eigenvalue weighted by Crippen LogP contribution is -2.23. The number of carbonyl (C=O) groups is 1. The van der Waals surface area contributed by atoms with E-state index in [1.807, 2.05) is 19.1 Å². The molecule has 0 fully saturated rings. The van der Waals surface area contributed by atoms with Gasteiger partial charge in [0.15, 0.2) is 12.3 Å². The van der Waals surface area contributed by atoms with Gasteiger partial charge in [0.05, 0.1) is 17.6 Å². The van der Waals surface area contributed by atoms with Crippen LogP contribution in [-0.2, 0) is 4.79 Å². The quantitative estimate of drug-likeness (QED) is 0.376. The number of nitrogens with zero attached hydrogens (tertiary/aromatic N) is 5. The summed E-state index contributed by atoms with van der Waals surface area (Å²) in [5.41, 5.74) is 2.34. The number of anilines is 1. The van der Waals surface area contributed by atoms with E-state index >= 15 is 0 Å². The zero-order valence-electron chi connectivity index (χ0n) is 18.8. The van der Waals surface area contributed by atoms with E-state index in [-0.39, 0.29) is 18.5 Å². The van der Waals surface area contributed by atoms with Crippen LogP contribution in [0, 0.1) is 13.8 Å². The fraction of sp³-hybridized carbons (Fsp3) is 0.125. The Kier molecular flexibility index (Phi) is 5.79. The van der Waals surface area contributed by atoms with Crippen molar-refractivity contribution in [3.05, 3.63) is 87.4 Å². The number of aromatic amines is 1. The van der Waals surface area contributed by atoms with Gasteiger partial charge < -0.3 is 10.1 Å². The van der Waals surface area contributed by atoms with Crippen LogP contribution in [0.3, 0.4) is 0 Å². The molecule has 0 aliphatic carbocycles. The molecule has 1 amide bonds. The standard InChI is InChI=1S/C24H20ClN7O3/c1-14-3-9-18(10-4-14)35-13-21(33)27-20-11-15(2)30-32(20)24-28-22-19(23(34)29-24)12-26-31(22)17-7-5-16(25)6-8-17/h3-12H,13H2,1-2H3,(H,27,33)(H,28,29,34). The summed E-state index contributed by atoms with van der Waals surface area (Å²) in [5.74, 6) is 0.657. The topological polar surface area (TPSA) is 120 Å². The van der Waals surface area contributed by atoms with Crippen LogP contribution in [0.4, 0.5) is 5.82 Å². The highest BCUT2D eigenvalue weighted by atomic mass is 35.5. The van der Waals surface area contributed by atoms with Crippen molar-refractivity contribution in [3.63, 3.8) is 0 Å². The zero-order chi connectivity index (χ0) is 24.5. The summed E-state index contributed by atoms with van der Waals surface area (Å²) in [6.07, 6.45) is 1.44. The molecule has 2 N–H and O–H groups in total. The molecule has 5 aromatic rings. The Balaban J connectivity index is 1.44. The van der Waals surface area contributed by atoms with Crippen LogP contribution in [0.2, 0.25) is 5.02 Å². The van der Waals surface area contributed by atoms with Crippen LogP contribution >= 0.6 is 11.6 Å². The fourth-order valence-corrected chi connectivity index (χ4v) is 3.62. The summed E-state index contributed by atoms with van der Waals surface area (Å²) in [6.45, 7) is 3.54. The Labute approximate surface area is 204 Å². The van der Waals surface area contributed by atoms with Crippen LogP contribution in [0.5, 0.6) is 5.75 Å². The molecule has 0 aliphatic heterocycles. The number of H-pyrrole nitrogens is 1. The van der Waals surface area contributed by atoms with Crippen molar-refractivity contribution >= 4 is 34.4 Å². The smallest absolute Gasteiger partial charge is 0.263 e. The maximum Gasteiger partial charge on any atom is 0.263 e. The monoisotopic (exact) mass is 489 g/mol. The third-order valence-electron chi connectivity index (χ3n) is 5.19. The first-order chi connectivity index (χ1) is 16.9. The van der Waals surface area contributed by atoms with Gasteiger partial charge in [-0.05, 0) is 50.2 Å². The van der Waals surface area contributed by atoms with E-state index in [9.17, 15) is 9.59 Å². The second-order valence-electron chi connectivity index (χ2n) is 7.89. The highest BCUT2D eigenvalue weighted by molar-refractivity contribution is 6.30. The Morgan fingerprint density at radius 3 is 2.57 bits per heavy atom. The van der Waals surface area contributed by atoms with E-state index in [0.29, 0.717) is 39.0 Å². The predicted molar refractivity (Wildman–Crippen MR) is 132 cm³/mol. The molecular weight excluding hydrogens is 470 g/mol. The highest BCUT2D eigenvalue weighted by Gasteiger charge is 2.17. The molecule has 0 aliphatic rings. The SMILES string of the molecule is Cc1ccc(OCC(=O)Nc2cc(C)nn2-c2nc3c(cnn3-c3ccc(Cl)cc3)c(=O)[nH]2)cc1. The first kappa shape index (κ1) is 22.4. The van der Waals surface area contributed by atoms with Gasteiger partial charge in [-0.25, -0.2) is 4.68 Å². The van der Waals surface area contributed by atoms with Crippen molar-refractivity contribution in [2.24, 2.45) is 0 Å². The van der Waals surface area contributed by atoms with Crippen molar-refractivity contribution in [1.29, 1.82) is 0 Å². The van der Waals surface area contributed by atoms with Crippen molar-refractivity contribution in [2.45, 2.75) is 13.8 Å². The average Bonchev–Trinajstić information content (AvgIpc) is 3.43. The summed E-state index contributed by atoms with van der Waals surface area (Å²) in [6, 6.07) is 16.1. The van der Waals surface area contributed by atoms with Gasteiger partial charge in [0.1, 0.15) is 17.0 Å². The highest BCUT2D eigenvalue weighted by Crippen LogP contribution is 2.19. The molecule has 0 spiro atoms. The Morgan fingerprint density at radius 2 is 1.83 bits per heavy atom. The molecule has 3 aromatic heterocycles. The number of amides is 1. The van der Waals surface area contributed by atoms with Crippen LogP contribution in [0.25, 0.3) is 22.7 Å². The summed E-state index contributed by atoms with van der Waals surface area (Å²) < 4.78 is 8.45. The van der Waals surface area contributed by atoms with Crippen LogP contribution in [0.1, 0.15) is 11.3 Å². The maximum absolute atomic E-state index is 12.8. The number of hydrogen-bond donors (Lipinski definition) is 2. The van der Waals surface area contributed by atoms with Gasteiger partial charge in [0.2, 0.25) is 5.95 Å². The first-order valence-corrected chi connectivity index (χ1v) is 11.1. The van der Waals surface area contributed by atoms with Gasteiger partial charge in [-0.15, -0.1) is 0 Å². The van der Waals surface area contributed by atoms with Gasteiger partial charge in [-0.1, -0.05) is 29.3 Å². The second kappa shape index (κ2) is 9.07. The molecule has 0 saturated heterocycles. The lowest BCUT2D eigenvalue weighted by molar-refractivity contribution is -0.118. The molecule has 0 saturated carbocycles. The fourth-order valence-electron chi connectivity index (χ4n) is 3.49.